The minimum atomic E-state index is 0. The molecular formula is C36H28N4Zn. The number of hydrogen-bond acceptors (Lipinski definition) is 2. The molecule has 0 saturated carbocycles. The molecule has 5 heterocycles. The Kier molecular flexibility index (Phi) is 6.93. The molecule has 3 aromatic heterocycles. The third-order valence-corrected chi connectivity index (χ3v) is 7.53. The number of rotatable bonds is 2. The molecule has 5 aromatic rings. The zero-order valence-electron chi connectivity index (χ0n) is 23.7. The van der Waals surface area contributed by atoms with Gasteiger partial charge in [-0.05, 0) is 85.4 Å². The maximum Gasteiger partial charge on any atom is 2.00 e. The molecule has 41 heavy (non-hydrogen) atoms. The van der Waals surface area contributed by atoms with Crippen LogP contribution in [0.1, 0.15) is 45.0 Å². The molecular weight excluding hydrogens is 554 g/mol. The van der Waals surface area contributed by atoms with Crippen LogP contribution in [0.15, 0.2) is 72.8 Å². The van der Waals surface area contributed by atoms with Crippen LogP contribution in [0.5, 0.6) is 0 Å². The Morgan fingerprint density at radius 1 is 0.488 bits per heavy atom. The molecule has 0 N–H and O–H groups in total. The predicted molar refractivity (Wildman–Crippen MR) is 167 cm³/mol. The van der Waals surface area contributed by atoms with Gasteiger partial charge in [-0.1, -0.05) is 83.9 Å². The summed E-state index contributed by atoms with van der Waals surface area (Å²) >= 11 is 0. The van der Waals surface area contributed by atoms with E-state index in [0.29, 0.717) is 0 Å². The predicted octanol–water partition coefficient (Wildman–Crippen LogP) is 8.48. The van der Waals surface area contributed by atoms with E-state index in [0.717, 1.165) is 61.5 Å². The van der Waals surface area contributed by atoms with Crippen LogP contribution in [-0.4, -0.2) is 9.97 Å². The zero-order chi connectivity index (χ0) is 27.4. The average molecular weight is 582 g/mol. The second-order valence-electron chi connectivity index (χ2n) is 10.7. The van der Waals surface area contributed by atoms with Crippen molar-refractivity contribution < 1.29 is 19.5 Å². The van der Waals surface area contributed by atoms with Crippen molar-refractivity contribution in [3.05, 3.63) is 118 Å². The summed E-state index contributed by atoms with van der Waals surface area (Å²) in [5.41, 5.74) is 16.3. The minimum Gasteiger partial charge on any atom is -0.657 e. The van der Waals surface area contributed by atoms with Crippen molar-refractivity contribution in [1.29, 1.82) is 0 Å². The average Bonchev–Trinajstić information content (AvgIpc) is 3.72. The van der Waals surface area contributed by atoms with Crippen LogP contribution in [0.2, 0.25) is 0 Å². The van der Waals surface area contributed by atoms with Crippen molar-refractivity contribution in [2.24, 2.45) is 0 Å². The first-order valence-corrected chi connectivity index (χ1v) is 13.6. The van der Waals surface area contributed by atoms with Gasteiger partial charge in [0.25, 0.3) is 0 Å². The van der Waals surface area contributed by atoms with Crippen molar-refractivity contribution in [1.82, 2.24) is 19.9 Å². The van der Waals surface area contributed by atoms with Gasteiger partial charge < -0.3 is 9.97 Å². The van der Waals surface area contributed by atoms with Crippen LogP contribution < -0.4 is 9.97 Å². The second-order valence-corrected chi connectivity index (χ2v) is 10.7. The number of nitrogens with zero attached hydrogens (tertiary/aromatic N) is 4. The molecule has 0 aliphatic carbocycles. The van der Waals surface area contributed by atoms with Crippen molar-refractivity contribution in [2.75, 3.05) is 0 Å². The molecule has 4 nitrogen and oxygen atoms in total. The fourth-order valence-electron chi connectivity index (χ4n) is 5.80. The first-order chi connectivity index (χ1) is 19.4. The number of fused-ring (bicyclic) bond motifs is 8. The van der Waals surface area contributed by atoms with Crippen molar-refractivity contribution in [3.63, 3.8) is 0 Å². The summed E-state index contributed by atoms with van der Waals surface area (Å²) in [6, 6.07) is 25.4. The third-order valence-electron chi connectivity index (χ3n) is 7.53. The molecule has 0 atom stereocenters. The normalized spacial score (nSPS) is 12.0. The fraction of sp³-hybridized carbons (Fsp3) is 0.111. The Balaban J connectivity index is 0.00000302. The topological polar surface area (TPSA) is 54.0 Å². The van der Waals surface area contributed by atoms with E-state index >= 15 is 0 Å². The Labute approximate surface area is 252 Å². The monoisotopic (exact) mass is 580 g/mol. The van der Waals surface area contributed by atoms with Crippen LogP contribution >= 0.6 is 0 Å². The van der Waals surface area contributed by atoms with Gasteiger partial charge in [-0.3, -0.25) is 0 Å². The number of hydrogen-bond donors (Lipinski definition) is 0. The van der Waals surface area contributed by atoms with Gasteiger partial charge in [0.15, 0.2) is 0 Å². The summed E-state index contributed by atoms with van der Waals surface area (Å²) in [6.45, 7) is 8.57. The van der Waals surface area contributed by atoms with Crippen LogP contribution in [-0.2, 0) is 19.5 Å². The molecule has 0 amide bonds. The van der Waals surface area contributed by atoms with E-state index in [4.69, 9.17) is 19.9 Å². The summed E-state index contributed by atoms with van der Waals surface area (Å²) in [6.07, 6.45) is 8.28. The molecule has 194 valence electrons. The van der Waals surface area contributed by atoms with E-state index in [1.807, 2.05) is 12.1 Å². The van der Waals surface area contributed by atoms with Gasteiger partial charge in [0.2, 0.25) is 0 Å². The molecule has 2 aromatic carbocycles. The largest absolute Gasteiger partial charge is 2.00 e. The third kappa shape index (κ3) is 5.03. The maximum atomic E-state index is 5.07. The molecule has 0 fully saturated rings. The quantitative estimate of drug-likeness (QED) is 0.192. The standard InChI is InChI=1S/C36H28N4.Zn/c1-21-5-7-25(8-6-21)35-30-13-9-26(37-30)19-28-11-15-32(39-28)36(34-23(3)17-22(2)18-24(34)4)33-16-12-29(40-33)20-27-10-14-31(35)38-27;/h5-20H,1-4H3;/q-2;+2. The van der Waals surface area contributed by atoms with Gasteiger partial charge >= 0.3 is 19.5 Å². The van der Waals surface area contributed by atoms with E-state index in [9.17, 15) is 0 Å². The molecule has 0 spiro atoms. The van der Waals surface area contributed by atoms with Gasteiger partial charge in [0, 0.05) is 0 Å². The van der Waals surface area contributed by atoms with E-state index in [-0.39, 0.29) is 19.5 Å². The maximum absolute atomic E-state index is 5.07. The van der Waals surface area contributed by atoms with E-state index < -0.39 is 0 Å². The summed E-state index contributed by atoms with van der Waals surface area (Å²) in [4.78, 5) is 20.2. The summed E-state index contributed by atoms with van der Waals surface area (Å²) in [7, 11) is 0. The van der Waals surface area contributed by atoms with Gasteiger partial charge in [0.1, 0.15) is 0 Å². The molecule has 2 aliphatic rings. The molecule has 7 rings (SSSR count). The molecule has 2 aliphatic heterocycles. The Hall–Kier alpha value is -4.34. The Morgan fingerprint density at radius 3 is 1.56 bits per heavy atom. The van der Waals surface area contributed by atoms with Crippen LogP contribution in [0, 0.1) is 27.7 Å². The Morgan fingerprint density at radius 2 is 1.00 bits per heavy atom. The van der Waals surface area contributed by atoms with E-state index in [2.05, 4.69) is 113 Å². The fourth-order valence-corrected chi connectivity index (χ4v) is 5.80. The summed E-state index contributed by atoms with van der Waals surface area (Å²) < 4.78 is 0. The van der Waals surface area contributed by atoms with Crippen molar-refractivity contribution in [3.8, 4) is 22.3 Å². The van der Waals surface area contributed by atoms with Gasteiger partial charge in [-0.25, -0.2) is 9.97 Å². The van der Waals surface area contributed by atoms with Crippen LogP contribution in [0.25, 0.3) is 68.6 Å². The first kappa shape index (κ1) is 26.9. The molecule has 0 radical (unpaired) electrons. The first-order valence-electron chi connectivity index (χ1n) is 13.6. The SMILES string of the molecule is Cc1ccc(-c2c3nc(cc4ccc([n-]4)c(-c4c(C)cc(C)cc4C)c4nc(cc5ccc2[n-]5)C=C4)C=C3)cc1.[Zn+2]. The summed E-state index contributed by atoms with van der Waals surface area (Å²) in [5.74, 6) is 0. The molecule has 0 unspecified atom stereocenters. The molecule has 8 bridgehead atoms. The van der Waals surface area contributed by atoms with Crippen LogP contribution in [0.4, 0.5) is 0 Å². The summed E-state index contributed by atoms with van der Waals surface area (Å²) in [5, 5.41) is 0. The van der Waals surface area contributed by atoms with Crippen molar-refractivity contribution >= 4 is 46.4 Å². The molecule has 0 saturated heterocycles. The zero-order valence-corrected chi connectivity index (χ0v) is 26.7. The van der Waals surface area contributed by atoms with Gasteiger partial charge in [-0.15, -0.1) is 22.1 Å². The molecule has 5 heteroatoms. The van der Waals surface area contributed by atoms with E-state index in [1.54, 1.807) is 0 Å². The smallest absolute Gasteiger partial charge is 0.657 e. The number of aryl methyl sites for hydroxylation is 4. The van der Waals surface area contributed by atoms with Crippen molar-refractivity contribution in [2.45, 2.75) is 27.7 Å². The number of benzene rings is 2. The van der Waals surface area contributed by atoms with Crippen LogP contribution in [0.3, 0.4) is 0 Å². The van der Waals surface area contributed by atoms with Gasteiger partial charge in [0.05, 0.1) is 22.8 Å². The van der Waals surface area contributed by atoms with Gasteiger partial charge in [-0.2, -0.15) is 0 Å². The van der Waals surface area contributed by atoms with E-state index in [1.165, 1.54) is 27.8 Å². The Bertz CT molecular complexity index is 2020. The number of aromatic nitrogens is 4. The minimum absolute atomic E-state index is 0. The second kappa shape index (κ2) is 10.6.